The Morgan fingerprint density at radius 2 is 2.18 bits per heavy atom. The maximum atomic E-state index is 5.86. The van der Waals surface area contributed by atoms with Gasteiger partial charge in [-0.25, -0.2) is 4.98 Å². The second kappa shape index (κ2) is 3.66. The molecule has 2 heterocycles. The van der Waals surface area contributed by atoms with Gasteiger partial charge in [-0.05, 0) is 12.5 Å². The first-order valence-electron chi connectivity index (χ1n) is 5.61. The fourth-order valence-electron chi connectivity index (χ4n) is 2.12. The van der Waals surface area contributed by atoms with Crippen molar-refractivity contribution in [2.75, 3.05) is 5.73 Å². The van der Waals surface area contributed by atoms with Crippen molar-refractivity contribution < 1.29 is 4.42 Å². The van der Waals surface area contributed by atoms with Gasteiger partial charge in [-0.1, -0.05) is 25.1 Å². The molecule has 0 fully saturated rings. The van der Waals surface area contributed by atoms with Gasteiger partial charge in [-0.15, -0.1) is 0 Å². The van der Waals surface area contributed by atoms with Gasteiger partial charge in [0.1, 0.15) is 11.3 Å². The number of anilines is 1. The van der Waals surface area contributed by atoms with E-state index < -0.39 is 0 Å². The Labute approximate surface area is 98.5 Å². The highest BCUT2D eigenvalue weighted by Gasteiger charge is 2.15. The first kappa shape index (κ1) is 9.96. The summed E-state index contributed by atoms with van der Waals surface area (Å²) in [5.74, 6) is 1.24. The minimum absolute atomic E-state index is 0.405. The zero-order chi connectivity index (χ0) is 11.8. The lowest BCUT2D eigenvalue weighted by molar-refractivity contribution is 0.625. The standard InChI is InChI=1S/C13H13N3O/c1-2-8-9-5-3-4-6-11(9)17-12(8)10-7-15-13(14)16-10/h3-7H,2H2,1H3,(H3,14,15,16). The van der Waals surface area contributed by atoms with Gasteiger partial charge in [0.05, 0.1) is 6.20 Å². The Balaban J connectivity index is 2.29. The molecule has 3 N–H and O–H groups in total. The van der Waals surface area contributed by atoms with E-state index in [2.05, 4.69) is 23.0 Å². The number of hydrogen-bond acceptors (Lipinski definition) is 3. The molecule has 0 amide bonds. The van der Waals surface area contributed by atoms with Crippen molar-refractivity contribution in [3.05, 3.63) is 36.0 Å². The van der Waals surface area contributed by atoms with E-state index in [9.17, 15) is 0 Å². The van der Waals surface area contributed by atoms with Crippen molar-refractivity contribution in [1.82, 2.24) is 9.97 Å². The molecule has 0 aliphatic rings. The van der Waals surface area contributed by atoms with E-state index in [1.54, 1.807) is 6.20 Å². The molecule has 0 unspecified atom stereocenters. The Morgan fingerprint density at radius 1 is 1.35 bits per heavy atom. The van der Waals surface area contributed by atoms with Crippen LogP contribution in [0.1, 0.15) is 12.5 Å². The molecule has 4 nitrogen and oxygen atoms in total. The normalized spacial score (nSPS) is 11.1. The molecule has 4 heteroatoms. The van der Waals surface area contributed by atoms with Crippen molar-refractivity contribution in [2.24, 2.45) is 0 Å². The summed E-state index contributed by atoms with van der Waals surface area (Å²) >= 11 is 0. The molecule has 0 saturated carbocycles. The van der Waals surface area contributed by atoms with Gasteiger partial charge in [0.25, 0.3) is 0 Å². The number of rotatable bonds is 2. The average molecular weight is 227 g/mol. The van der Waals surface area contributed by atoms with Gasteiger partial charge in [0.15, 0.2) is 11.7 Å². The number of furan rings is 1. The first-order chi connectivity index (χ1) is 8.29. The Bertz CT molecular complexity index is 666. The van der Waals surface area contributed by atoms with Gasteiger partial charge in [-0.2, -0.15) is 0 Å². The molecule has 2 aromatic heterocycles. The third-order valence-electron chi connectivity index (χ3n) is 2.89. The van der Waals surface area contributed by atoms with E-state index in [1.165, 1.54) is 5.56 Å². The highest BCUT2D eigenvalue weighted by Crippen LogP contribution is 2.33. The lowest BCUT2D eigenvalue weighted by atomic mass is 10.1. The largest absolute Gasteiger partial charge is 0.454 e. The van der Waals surface area contributed by atoms with E-state index in [0.717, 1.165) is 28.8 Å². The van der Waals surface area contributed by atoms with E-state index in [0.29, 0.717) is 5.95 Å². The number of fused-ring (bicyclic) bond motifs is 1. The molecule has 0 bridgehead atoms. The quantitative estimate of drug-likeness (QED) is 0.707. The summed E-state index contributed by atoms with van der Waals surface area (Å²) in [6.07, 6.45) is 2.61. The number of nitrogens with zero attached hydrogens (tertiary/aromatic N) is 1. The van der Waals surface area contributed by atoms with Crippen LogP contribution in [0.25, 0.3) is 22.4 Å². The molecule has 0 spiro atoms. The Morgan fingerprint density at radius 3 is 2.88 bits per heavy atom. The van der Waals surface area contributed by atoms with Crippen LogP contribution in [0.4, 0.5) is 5.95 Å². The van der Waals surface area contributed by atoms with Crippen molar-refractivity contribution in [3.63, 3.8) is 0 Å². The highest BCUT2D eigenvalue weighted by atomic mass is 16.3. The lowest BCUT2D eigenvalue weighted by Crippen LogP contribution is -1.86. The number of imidazole rings is 1. The summed E-state index contributed by atoms with van der Waals surface area (Å²) in [4.78, 5) is 7.00. The molecular formula is C13H13N3O. The fourth-order valence-corrected chi connectivity index (χ4v) is 2.12. The monoisotopic (exact) mass is 227 g/mol. The third kappa shape index (κ3) is 1.49. The zero-order valence-electron chi connectivity index (χ0n) is 9.53. The summed E-state index contributed by atoms with van der Waals surface area (Å²) in [6.45, 7) is 2.11. The van der Waals surface area contributed by atoms with Crippen molar-refractivity contribution >= 4 is 16.9 Å². The number of aromatic nitrogens is 2. The predicted molar refractivity (Wildman–Crippen MR) is 67.6 cm³/mol. The summed E-state index contributed by atoms with van der Waals surface area (Å²) < 4.78 is 5.86. The molecule has 0 atom stereocenters. The van der Waals surface area contributed by atoms with Crippen LogP contribution in [0.5, 0.6) is 0 Å². The van der Waals surface area contributed by atoms with Gasteiger partial charge in [-0.3, -0.25) is 0 Å². The molecule has 3 rings (SSSR count). The number of nitrogen functional groups attached to an aromatic ring is 1. The smallest absolute Gasteiger partial charge is 0.197 e. The highest BCUT2D eigenvalue weighted by molar-refractivity contribution is 5.87. The van der Waals surface area contributed by atoms with Crippen molar-refractivity contribution in [1.29, 1.82) is 0 Å². The topological polar surface area (TPSA) is 67.8 Å². The molecule has 0 radical (unpaired) electrons. The van der Waals surface area contributed by atoms with Crippen LogP contribution in [0.15, 0.2) is 34.9 Å². The lowest BCUT2D eigenvalue weighted by Gasteiger charge is -1.96. The van der Waals surface area contributed by atoms with Crippen LogP contribution in [-0.2, 0) is 6.42 Å². The van der Waals surface area contributed by atoms with Crippen LogP contribution < -0.4 is 5.73 Å². The second-order valence-electron chi connectivity index (χ2n) is 3.94. The molecule has 1 aromatic carbocycles. The van der Waals surface area contributed by atoms with Crippen LogP contribution in [0.2, 0.25) is 0 Å². The summed E-state index contributed by atoms with van der Waals surface area (Å²) in [6, 6.07) is 8.02. The van der Waals surface area contributed by atoms with E-state index in [-0.39, 0.29) is 0 Å². The molecular weight excluding hydrogens is 214 g/mol. The number of aromatic amines is 1. The summed E-state index contributed by atoms with van der Waals surface area (Å²) in [5.41, 5.74) is 8.50. The number of para-hydroxylation sites is 1. The average Bonchev–Trinajstić information content (AvgIpc) is 2.91. The fraction of sp³-hybridized carbons (Fsp3) is 0.154. The predicted octanol–water partition coefficient (Wildman–Crippen LogP) is 2.97. The van der Waals surface area contributed by atoms with Gasteiger partial charge in [0, 0.05) is 10.9 Å². The number of benzene rings is 1. The maximum absolute atomic E-state index is 5.86. The number of aryl methyl sites for hydroxylation is 1. The summed E-state index contributed by atoms with van der Waals surface area (Å²) in [5, 5.41) is 1.15. The second-order valence-corrected chi connectivity index (χ2v) is 3.94. The third-order valence-corrected chi connectivity index (χ3v) is 2.89. The SMILES string of the molecule is CCc1c(-c2cnc(N)[nH]2)oc2ccccc12. The molecule has 3 aromatic rings. The summed E-state index contributed by atoms with van der Waals surface area (Å²) in [7, 11) is 0. The minimum Gasteiger partial charge on any atom is -0.454 e. The number of H-pyrrole nitrogens is 1. The van der Waals surface area contributed by atoms with Gasteiger partial charge in [0.2, 0.25) is 0 Å². The van der Waals surface area contributed by atoms with Gasteiger partial charge < -0.3 is 15.1 Å². The number of nitrogens with two attached hydrogens (primary N) is 1. The molecule has 0 saturated heterocycles. The zero-order valence-corrected chi connectivity index (χ0v) is 9.53. The number of nitrogens with one attached hydrogen (secondary N) is 1. The Kier molecular flexibility index (Phi) is 2.14. The molecule has 0 aliphatic heterocycles. The minimum atomic E-state index is 0.405. The van der Waals surface area contributed by atoms with E-state index in [4.69, 9.17) is 10.2 Å². The van der Waals surface area contributed by atoms with Gasteiger partial charge >= 0.3 is 0 Å². The van der Waals surface area contributed by atoms with Crippen molar-refractivity contribution in [3.8, 4) is 11.5 Å². The van der Waals surface area contributed by atoms with Crippen LogP contribution in [0, 0.1) is 0 Å². The first-order valence-corrected chi connectivity index (χ1v) is 5.61. The molecule has 86 valence electrons. The Hall–Kier alpha value is -2.23. The van der Waals surface area contributed by atoms with Crippen LogP contribution in [-0.4, -0.2) is 9.97 Å². The molecule has 17 heavy (non-hydrogen) atoms. The van der Waals surface area contributed by atoms with E-state index in [1.807, 2.05) is 18.2 Å². The molecule has 0 aliphatic carbocycles. The van der Waals surface area contributed by atoms with Crippen molar-refractivity contribution in [2.45, 2.75) is 13.3 Å². The maximum Gasteiger partial charge on any atom is 0.197 e. The van der Waals surface area contributed by atoms with Crippen LogP contribution >= 0.6 is 0 Å². The van der Waals surface area contributed by atoms with Crippen LogP contribution in [0.3, 0.4) is 0 Å². The van der Waals surface area contributed by atoms with E-state index >= 15 is 0 Å². The number of hydrogen-bond donors (Lipinski definition) is 2.